The van der Waals surface area contributed by atoms with Crippen molar-refractivity contribution in [3.05, 3.63) is 188 Å². The van der Waals surface area contributed by atoms with Gasteiger partial charge in [-0.1, -0.05) is 127 Å². The first-order chi connectivity index (χ1) is 25.3. The van der Waals surface area contributed by atoms with Crippen molar-refractivity contribution in [2.24, 2.45) is 0 Å². The maximum atomic E-state index is 6.46. The molecule has 10 rings (SSSR count). The van der Waals surface area contributed by atoms with Crippen LogP contribution in [-0.2, 0) is 0 Å². The Morgan fingerprint density at radius 3 is 1.63 bits per heavy atom. The monoisotopic (exact) mass is 669 g/mol. The summed E-state index contributed by atoms with van der Waals surface area (Å²) in [6.45, 7) is 0. The molecule has 8 aromatic carbocycles. The number of fused-ring (bicyclic) bond motifs is 7. The van der Waals surface area contributed by atoms with E-state index < -0.39 is 0 Å². The van der Waals surface area contributed by atoms with Gasteiger partial charge in [0.25, 0.3) is 0 Å². The van der Waals surface area contributed by atoms with E-state index in [0.29, 0.717) is 0 Å². The Morgan fingerprint density at radius 1 is 0.373 bits per heavy atom. The van der Waals surface area contributed by atoms with Crippen molar-refractivity contribution in [3.63, 3.8) is 0 Å². The summed E-state index contributed by atoms with van der Waals surface area (Å²) >= 11 is 1.86. The quantitative estimate of drug-likeness (QED) is 0.175. The van der Waals surface area contributed by atoms with Crippen LogP contribution in [0.5, 0.6) is 0 Å². The maximum absolute atomic E-state index is 6.46. The third-order valence-corrected chi connectivity index (χ3v) is 11.1. The van der Waals surface area contributed by atoms with Gasteiger partial charge in [-0.25, -0.2) is 0 Å². The summed E-state index contributed by atoms with van der Waals surface area (Å²) in [5.41, 5.74) is 12.4. The summed E-state index contributed by atoms with van der Waals surface area (Å²) in [6.07, 6.45) is 0. The molecule has 0 radical (unpaired) electrons. The van der Waals surface area contributed by atoms with Crippen LogP contribution in [0.4, 0.5) is 17.1 Å². The molecule has 0 aliphatic carbocycles. The molecule has 0 saturated carbocycles. The van der Waals surface area contributed by atoms with Gasteiger partial charge < -0.3 is 9.32 Å². The standard InChI is InChI=1S/C48H31NOS/c1-3-14-37(15-4-1)49(38-16-5-2-6-17-38)39-28-26-33(27-29-39)32-22-24-34(25-23-32)35-12-11-13-36(30-35)42-31-44-47(40-18-7-9-20-43(40)50-44)48-46(42)41-19-8-10-21-45(41)51-48/h1-31H. The van der Waals surface area contributed by atoms with Crippen molar-refractivity contribution in [2.75, 3.05) is 4.90 Å². The fraction of sp³-hybridized carbons (Fsp3) is 0. The third-order valence-electron chi connectivity index (χ3n) is 9.87. The van der Waals surface area contributed by atoms with Crippen LogP contribution in [0.15, 0.2) is 192 Å². The first-order valence-electron chi connectivity index (χ1n) is 17.3. The summed E-state index contributed by atoms with van der Waals surface area (Å²) in [6, 6.07) is 67.1. The number of thiophene rings is 1. The summed E-state index contributed by atoms with van der Waals surface area (Å²) in [5, 5.41) is 4.96. The Bertz CT molecular complexity index is 2790. The SMILES string of the molecule is c1ccc(N(c2ccccc2)c2ccc(-c3ccc(-c4cccc(-c5cc6oc7ccccc7c6c6sc7ccccc7c56)c4)cc3)cc2)cc1. The van der Waals surface area contributed by atoms with Crippen molar-refractivity contribution >= 4 is 70.5 Å². The summed E-state index contributed by atoms with van der Waals surface area (Å²) in [4.78, 5) is 2.29. The Kier molecular flexibility index (Phi) is 7.04. The van der Waals surface area contributed by atoms with Gasteiger partial charge in [0, 0.05) is 48.0 Å². The topological polar surface area (TPSA) is 16.4 Å². The van der Waals surface area contributed by atoms with Crippen LogP contribution in [0.25, 0.3) is 75.5 Å². The molecule has 0 unspecified atom stereocenters. The van der Waals surface area contributed by atoms with Crippen molar-refractivity contribution in [3.8, 4) is 33.4 Å². The minimum atomic E-state index is 0.927. The number of hydrogen-bond acceptors (Lipinski definition) is 3. The van der Waals surface area contributed by atoms with Crippen molar-refractivity contribution in [1.82, 2.24) is 0 Å². The van der Waals surface area contributed by atoms with E-state index in [-0.39, 0.29) is 0 Å². The van der Waals surface area contributed by atoms with Gasteiger partial charge in [-0.05, 0) is 94.0 Å². The van der Waals surface area contributed by atoms with Crippen LogP contribution in [0.1, 0.15) is 0 Å². The van der Waals surface area contributed by atoms with Crippen LogP contribution in [0, 0.1) is 0 Å². The lowest BCUT2D eigenvalue weighted by Gasteiger charge is -2.25. The number of rotatable bonds is 6. The van der Waals surface area contributed by atoms with Gasteiger partial charge >= 0.3 is 0 Å². The summed E-state index contributed by atoms with van der Waals surface area (Å²) in [7, 11) is 0. The van der Waals surface area contributed by atoms with E-state index in [0.717, 1.165) is 28.2 Å². The van der Waals surface area contributed by atoms with E-state index in [1.165, 1.54) is 64.3 Å². The highest BCUT2D eigenvalue weighted by atomic mass is 32.1. The van der Waals surface area contributed by atoms with Gasteiger partial charge in [0.05, 0.1) is 0 Å². The second-order valence-electron chi connectivity index (χ2n) is 12.9. The third kappa shape index (κ3) is 5.10. The predicted molar refractivity (Wildman–Crippen MR) is 218 cm³/mol. The highest BCUT2D eigenvalue weighted by Gasteiger charge is 2.19. The molecule has 240 valence electrons. The molecule has 0 aliphatic rings. The highest BCUT2D eigenvalue weighted by molar-refractivity contribution is 7.27. The fourth-order valence-electron chi connectivity index (χ4n) is 7.45. The Balaban J connectivity index is 1.01. The average molecular weight is 670 g/mol. The molecule has 2 nitrogen and oxygen atoms in total. The van der Waals surface area contributed by atoms with E-state index in [9.17, 15) is 0 Å². The Labute approximate surface area is 300 Å². The first kappa shape index (κ1) is 29.5. The van der Waals surface area contributed by atoms with Crippen molar-refractivity contribution in [2.45, 2.75) is 0 Å². The van der Waals surface area contributed by atoms with Gasteiger partial charge in [-0.15, -0.1) is 11.3 Å². The van der Waals surface area contributed by atoms with E-state index in [1.807, 2.05) is 17.4 Å². The number of anilines is 3. The van der Waals surface area contributed by atoms with E-state index >= 15 is 0 Å². The second kappa shape index (κ2) is 12.2. The van der Waals surface area contributed by atoms with Crippen LogP contribution in [-0.4, -0.2) is 0 Å². The average Bonchev–Trinajstić information content (AvgIpc) is 3.78. The molecule has 0 atom stereocenters. The minimum absolute atomic E-state index is 0.927. The molecule has 0 saturated heterocycles. The Morgan fingerprint density at radius 2 is 0.922 bits per heavy atom. The zero-order valence-electron chi connectivity index (χ0n) is 27.7. The molecule has 3 heteroatoms. The minimum Gasteiger partial charge on any atom is -0.456 e. The maximum Gasteiger partial charge on any atom is 0.137 e. The van der Waals surface area contributed by atoms with Gasteiger partial charge in [-0.2, -0.15) is 0 Å². The first-order valence-corrected chi connectivity index (χ1v) is 18.1. The van der Waals surface area contributed by atoms with Crippen molar-refractivity contribution in [1.29, 1.82) is 0 Å². The van der Waals surface area contributed by atoms with E-state index in [4.69, 9.17) is 4.42 Å². The van der Waals surface area contributed by atoms with Gasteiger partial charge in [0.15, 0.2) is 0 Å². The van der Waals surface area contributed by atoms with E-state index in [2.05, 4.69) is 187 Å². The largest absolute Gasteiger partial charge is 0.456 e. The second-order valence-corrected chi connectivity index (χ2v) is 14.0. The molecule has 0 bridgehead atoms. The Hall–Kier alpha value is -6.42. The fourth-order valence-corrected chi connectivity index (χ4v) is 8.73. The number of furan rings is 1. The normalized spacial score (nSPS) is 11.5. The molecular weight excluding hydrogens is 639 g/mol. The van der Waals surface area contributed by atoms with E-state index in [1.54, 1.807) is 0 Å². The lowest BCUT2D eigenvalue weighted by molar-refractivity contribution is 0.669. The molecule has 0 aliphatic heterocycles. The summed E-state index contributed by atoms with van der Waals surface area (Å²) < 4.78 is 9.03. The smallest absolute Gasteiger partial charge is 0.137 e. The van der Waals surface area contributed by atoms with Crippen LogP contribution < -0.4 is 4.90 Å². The molecule has 51 heavy (non-hydrogen) atoms. The van der Waals surface area contributed by atoms with Crippen molar-refractivity contribution < 1.29 is 4.42 Å². The lowest BCUT2D eigenvalue weighted by Crippen LogP contribution is -2.09. The van der Waals surface area contributed by atoms with Gasteiger partial charge in [-0.3, -0.25) is 0 Å². The number of benzene rings is 8. The number of hydrogen-bond donors (Lipinski definition) is 0. The molecule has 0 fully saturated rings. The highest BCUT2D eigenvalue weighted by Crippen LogP contribution is 2.47. The van der Waals surface area contributed by atoms with Crippen LogP contribution in [0.2, 0.25) is 0 Å². The molecule has 2 aromatic heterocycles. The molecule has 2 heterocycles. The van der Waals surface area contributed by atoms with Crippen LogP contribution in [0.3, 0.4) is 0 Å². The summed E-state index contributed by atoms with van der Waals surface area (Å²) in [5.74, 6) is 0. The zero-order valence-corrected chi connectivity index (χ0v) is 28.5. The predicted octanol–water partition coefficient (Wildman–Crippen LogP) is 14.4. The molecule has 10 aromatic rings. The molecule has 0 spiro atoms. The van der Waals surface area contributed by atoms with Gasteiger partial charge in [0.1, 0.15) is 11.2 Å². The van der Waals surface area contributed by atoms with Crippen LogP contribution >= 0.6 is 11.3 Å². The van der Waals surface area contributed by atoms with Gasteiger partial charge in [0.2, 0.25) is 0 Å². The zero-order chi connectivity index (χ0) is 33.7. The molecule has 0 N–H and O–H groups in total. The lowest BCUT2D eigenvalue weighted by atomic mass is 9.94. The molecule has 0 amide bonds. The molecular formula is C48H31NOS. The number of para-hydroxylation sites is 3. The number of nitrogens with zero attached hydrogens (tertiary/aromatic N) is 1.